The molecule has 105 heavy (non-hydrogen) atoms. The fourth-order valence-corrected chi connectivity index (χ4v) is 9.05. The van der Waals surface area contributed by atoms with Gasteiger partial charge >= 0.3 is 5.97 Å². The first-order valence-electron chi connectivity index (χ1n) is 33.1. The molecule has 0 saturated heterocycles. The molecule has 8 atom stereocenters. The molecule has 11 amide bonds. The van der Waals surface area contributed by atoms with Crippen LogP contribution in [0.25, 0.3) is 0 Å². The highest BCUT2D eigenvalue weighted by Crippen LogP contribution is 2.12. The van der Waals surface area contributed by atoms with Gasteiger partial charge in [0, 0.05) is 52.4 Å². The number of aliphatic carboxylic acids is 1. The molecular formula is C56H110N36O13. The smallest absolute Gasteiger partial charge is 0.326 e. The van der Waals surface area contributed by atoms with Crippen LogP contribution in [0.3, 0.4) is 0 Å². The zero-order chi connectivity index (χ0) is 79.4. The third-order valence-electron chi connectivity index (χ3n) is 14.2. The summed E-state index contributed by atoms with van der Waals surface area (Å²) in [5.41, 5.74) is 93.8. The highest BCUT2D eigenvalue weighted by Gasteiger charge is 2.35. The fourth-order valence-electron chi connectivity index (χ4n) is 9.05. The number of aliphatic imine (C=N–C) groups is 8. The van der Waals surface area contributed by atoms with E-state index in [2.05, 4.69) is 98.4 Å². The lowest BCUT2D eigenvalue weighted by molar-refractivity contribution is -0.142. The number of rotatable bonds is 55. The highest BCUT2D eigenvalue weighted by molar-refractivity contribution is 5.99. The minimum Gasteiger partial charge on any atom is -0.480 e. The molecule has 0 aromatic carbocycles. The fraction of sp³-hybridized carbons (Fsp3) is 0.643. The number of carbonyl (C=O) groups excluding carboxylic acids is 11. The van der Waals surface area contributed by atoms with Gasteiger partial charge in [-0.1, -0.05) is 0 Å². The number of carboxylic acid groups (broad SMARTS) is 1. The lowest BCUT2D eigenvalue weighted by Gasteiger charge is -2.28. The van der Waals surface area contributed by atoms with Gasteiger partial charge in [-0.25, -0.2) is 4.79 Å². The van der Waals surface area contributed by atoms with Crippen molar-refractivity contribution in [3.05, 3.63) is 0 Å². The molecule has 0 fully saturated rings. The van der Waals surface area contributed by atoms with Gasteiger partial charge < -0.3 is 161 Å². The quantitative estimate of drug-likeness (QED) is 0.0153. The van der Waals surface area contributed by atoms with Crippen molar-refractivity contribution >= 4 is 119 Å². The summed E-state index contributed by atoms with van der Waals surface area (Å²) in [4.78, 5) is 195. The van der Waals surface area contributed by atoms with Gasteiger partial charge in [-0.15, -0.1) is 0 Å². The summed E-state index contributed by atoms with van der Waals surface area (Å²) >= 11 is 0. The molecule has 0 aromatic rings. The summed E-state index contributed by atoms with van der Waals surface area (Å²) < 4.78 is 0. The van der Waals surface area contributed by atoms with Crippen LogP contribution in [-0.2, 0) is 57.5 Å². The molecule has 0 heterocycles. The summed E-state index contributed by atoms with van der Waals surface area (Å²) in [6, 6.07) is -12.3. The van der Waals surface area contributed by atoms with Crippen LogP contribution in [0.4, 0.5) is 0 Å². The van der Waals surface area contributed by atoms with Crippen molar-refractivity contribution in [1.82, 2.24) is 58.5 Å². The van der Waals surface area contributed by atoms with E-state index in [-0.39, 0.29) is 209 Å². The number of guanidine groups is 8. The van der Waals surface area contributed by atoms with E-state index in [1.165, 1.54) is 0 Å². The Morgan fingerprint density at radius 3 is 0.581 bits per heavy atom. The predicted octanol–water partition coefficient (Wildman–Crippen LogP) is -15.3. The van der Waals surface area contributed by atoms with E-state index in [4.69, 9.17) is 97.5 Å². The Balaban J connectivity index is 7.69. The average Bonchev–Trinajstić information content (AvgIpc) is 0.862. The maximum Gasteiger partial charge on any atom is 0.326 e. The van der Waals surface area contributed by atoms with E-state index in [0.29, 0.717) is 0 Å². The molecule has 46 N–H and O–H groups in total. The van der Waals surface area contributed by atoms with Crippen molar-refractivity contribution in [2.45, 2.75) is 151 Å². The molecule has 0 saturated carbocycles. The number of nitrogens with zero attached hydrogens (tertiary/aromatic N) is 8. The summed E-state index contributed by atoms with van der Waals surface area (Å²) in [5.74, 6) is -13.9. The second-order valence-electron chi connectivity index (χ2n) is 23.0. The van der Waals surface area contributed by atoms with E-state index < -0.39 is 139 Å². The van der Waals surface area contributed by atoms with Crippen LogP contribution in [0.1, 0.15) is 103 Å². The molecule has 49 nitrogen and oxygen atoms in total. The maximum atomic E-state index is 14.8. The van der Waals surface area contributed by atoms with Crippen molar-refractivity contribution in [1.29, 1.82) is 0 Å². The van der Waals surface area contributed by atoms with E-state index in [1.54, 1.807) is 0 Å². The molecule has 0 aliphatic rings. The summed E-state index contributed by atoms with van der Waals surface area (Å²) in [7, 11) is 0. The normalized spacial score (nSPS) is 12.8. The largest absolute Gasteiger partial charge is 0.480 e. The van der Waals surface area contributed by atoms with Gasteiger partial charge in [0.05, 0.1) is 26.2 Å². The van der Waals surface area contributed by atoms with Gasteiger partial charge in [0.15, 0.2) is 47.7 Å². The zero-order valence-corrected chi connectivity index (χ0v) is 58.7. The second-order valence-corrected chi connectivity index (χ2v) is 23.0. The van der Waals surface area contributed by atoms with Crippen LogP contribution in [0.15, 0.2) is 39.9 Å². The highest BCUT2D eigenvalue weighted by atomic mass is 16.4. The van der Waals surface area contributed by atoms with Crippen molar-refractivity contribution < 1.29 is 62.6 Å². The van der Waals surface area contributed by atoms with E-state index in [9.17, 15) is 62.6 Å². The number of carbonyl (C=O) groups is 12. The SMILES string of the molecule is NCC(=O)NCC(=O)NCC(=O)NCC(=O)N[C@@H](CCCN=C(N)N)C(=O)N[C@@H](CCCN=C(N)N)C(=O)N[C@@H](CCCN=C(N)N)C(=O)N[C@@H](CCCN=C(N)N)C(=O)N[C@@H](CCCN=C(N)N)C(=O)N[C@@H](CCCN=C(N)N)C(=O)N[C@@H](CCCN=C(N)N)C(=O)N[C@@H](CCCN=C(N)N)C(=O)O. The first kappa shape index (κ1) is 92.8. The third kappa shape index (κ3) is 47.5. The molecule has 49 heteroatoms. The third-order valence-corrected chi connectivity index (χ3v) is 14.2. The summed E-state index contributed by atoms with van der Waals surface area (Å²) in [6.45, 7) is -2.71. The molecule has 0 rings (SSSR count). The Labute approximate surface area is 605 Å². The standard InChI is InChI=1S/C56H110N36O13/c57-25-37(93)82-26-38(94)83-27-39(95)84-28-40(96)85-29(9-1-17-74-49(58)59)41(97)86-30(10-2-18-75-50(60)61)42(98)87-31(11-3-19-76-51(62)63)43(99)88-32(12-4-20-77-52(64)65)44(100)89-33(13-5-21-78-53(66)67)45(101)90-34(14-6-22-79-54(68)69)46(102)91-35(15-7-23-80-55(70)71)47(103)92-36(48(104)105)16-8-24-81-56(72)73/h29-36H,1-28,57H2,(H,82,93)(H,83,94)(H,84,95)(H,85,96)(H,86,97)(H,87,98)(H,88,99)(H,89,100)(H,90,101)(H,91,102)(H,92,103)(H,104,105)(H4,58,59,74)(H4,60,61,75)(H4,62,63,76)(H4,64,65,77)(H4,66,67,78)(H4,68,69,79)(H4,70,71,80)(H4,72,73,81)/t29-,30-,31-,32-,33-,34-,35-,36-/m0/s1. The van der Waals surface area contributed by atoms with Gasteiger partial charge in [0.25, 0.3) is 0 Å². The van der Waals surface area contributed by atoms with E-state index in [1.807, 2.05) is 0 Å². The number of carboxylic acids is 1. The van der Waals surface area contributed by atoms with Crippen LogP contribution in [0.5, 0.6) is 0 Å². The summed E-state index contributed by atoms with van der Waals surface area (Å²) in [6.07, 6.45) is -1.44. The van der Waals surface area contributed by atoms with E-state index in [0.717, 1.165) is 0 Å². The Morgan fingerprint density at radius 2 is 0.400 bits per heavy atom. The van der Waals surface area contributed by atoms with Crippen molar-refractivity contribution in [3.63, 3.8) is 0 Å². The molecule has 0 unspecified atom stereocenters. The average molecular weight is 1500 g/mol. The molecule has 0 aromatic heterocycles. The number of amides is 11. The predicted molar refractivity (Wildman–Crippen MR) is 390 cm³/mol. The molecule has 0 radical (unpaired) electrons. The Kier molecular flexibility index (Phi) is 47.3. The first-order chi connectivity index (χ1) is 49.5. The molecular weight excluding hydrogens is 1380 g/mol. The van der Waals surface area contributed by atoms with Crippen LogP contribution in [0, 0.1) is 0 Å². The Morgan fingerprint density at radius 1 is 0.238 bits per heavy atom. The minimum absolute atomic E-state index is 0.00592. The van der Waals surface area contributed by atoms with Gasteiger partial charge in [-0.2, -0.15) is 0 Å². The number of nitrogens with two attached hydrogens (primary N) is 17. The van der Waals surface area contributed by atoms with Crippen LogP contribution < -0.4 is 156 Å². The molecule has 0 aliphatic heterocycles. The van der Waals surface area contributed by atoms with Gasteiger partial charge in [0.1, 0.15) is 48.3 Å². The van der Waals surface area contributed by atoms with E-state index >= 15 is 0 Å². The second kappa shape index (κ2) is 53.6. The lowest BCUT2D eigenvalue weighted by atomic mass is 10.0. The van der Waals surface area contributed by atoms with Gasteiger partial charge in [-0.3, -0.25) is 92.7 Å². The van der Waals surface area contributed by atoms with Gasteiger partial charge in [0.2, 0.25) is 65.0 Å². The lowest BCUT2D eigenvalue weighted by Crippen LogP contribution is -2.60. The zero-order valence-electron chi connectivity index (χ0n) is 58.7. The Hall–Kier alpha value is -12.2. The Bertz CT molecular complexity index is 3060. The van der Waals surface area contributed by atoms with Crippen molar-refractivity contribution in [3.8, 4) is 0 Å². The topological polar surface area (TPSA) is 899 Å². The van der Waals surface area contributed by atoms with Crippen molar-refractivity contribution in [2.24, 2.45) is 137 Å². The number of hydrogen-bond donors (Lipinski definition) is 29. The first-order valence-corrected chi connectivity index (χ1v) is 33.1. The molecule has 0 spiro atoms. The van der Waals surface area contributed by atoms with Crippen LogP contribution in [-0.4, -0.2) is 251 Å². The van der Waals surface area contributed by atoms with Crippen LogP contribution in [0.2, 0.25) is 0 Å². The summed E-state index contributed by atoms with van der Waals surface area (Å²) in [5, 5.41) is 37.2. The minimum atomic E-state index is -1.60. The maximum absolute atomic E-state index is 14.8. The molecule has 0 bridgehead atoms. The molecule has 592 valence electrons. The van der Waals surface area contributed by atoms with Gasteiger partial charge in [-0.05, 0) is 103 Å². The molecule has 0 aliphatic carbocycles. The monoisotopic (exact) mass is 1490 g/mol. The number of hydrogen-bond acceptors (Lipinski definition) is 21. The van der Waals surface area contributed by atoms with Crippen molar-refractivity contribution in [2.75, 3.05) is 78.5 Å². The number of nitrogens with one attached hydrogen (secondary N) is 11. The van der Waals surface area contributed by atoms with Crippen LogP contribution >= 0.6 is 0 Å².